The van der Waals surface area contributed by atoms with Crippen molar-refractivity contribution in [2.45, 2.75) is 17.4 Å². The molecular weight excluding hydrogens is 220 g/mol. The number of fused-ring (bicyclic) bond motifs is 3. The second kappa shape index (κ2) is 3.70. The van der Waals surface area contributed by atoms with E-state index in [0.717, 1.165) is 31.1 Å². The maximum absolute atomic E-state index is 5.84. The molecule has 0 radical (unpaired) electrons. The minimum Gasteiger partial charge on any atom is -0.486 e. The molecule has 0 N–H and O–H groups in total. The largest absolute Gasteiger partial charge is 0.486 e. The zero-order chi connectivity index (χ0) is 11.1. The molecule has 0 saturated carbocycles. The van der Waals surface area contributed by atoms with E-state index in [9.17, 15) is 0 Å². The van der Waals surface area contributed by atoms with Crippen molar-refractivity contribution in [3.8, 4) is 5.75 Å². The highest BCUT2D eigenvalue weighted by Crippen LogP contribution is 2.42. The molecule has 0 amide bonds. The summed E-state index contributed by atoms with van der Waals surface area (Å²) in [5, 5.41) is 0. The Morgan fingerprint density at radius 1 is 1.62 bits per heavy atom. The van der Waals surface area contributed by atoms with Crippen molar-refractivity contribution < 1.29 is 4.74 Å². The van der Waals surface area contributed by atoms with Gasteiger partial charge in [0, 0.05) is 12.7 Å². The van der Waals surface area contributed by atoms with Crippen LogP contribution < -0.4 is 9.64 Å². The summed E-state index contributed by atoms with van der Waals surface area (Å²) in [5.41, 5.74) is 1.28. The third-order valence-electron chi connectivity index (χ3n) is 3.12. The monoisotopic (exact) mass is 234 g/mol. The smallest absolute Gasteiger partial charge is 0.175 e. The lowest BCUT2D eigenvalue weighted by molar-refractivity contribution is 0.264. The molecule has 1 atom stereocenters. The number of thioether (sulfide) groups is 1. The van der Waals surface area contributed by atoms with Crippen molar-refractivity contribution in [3.63, 3.8) is 0 Å². The number of rotatable bonds is 1. The summed E-state index contributed by atoms with van der Waals surface area (Å²) in [5.74, 6) is 1.93. The molecule has 2 aliphatic rings. The van der Waals surface area contributed by atoms with Crippen LogP contribution in [0.4, 0.5) is 5.82 Å². The van der Waals surface area contributed by atoms with Gasteiger partial charge in [0.25, 0.3) is 0 Å². The minimum atomic E-state index is 0.435. The average molecular weight is 234 g/mol. The average Bonchev–Trinajstić information content (AvgIpc) is 2.69. The number of pyridine rings is 1. The van der Waals surface area contributed by atoms with Gasteiger partial charge in [0.2, 0.25) is 0 Å². The summed E-state index contributed by atoms with van der Waals surface area (Å²) < 4.78 is 5.84. The van der Waals surface area contributed by atoms with Crippen LogP contribution >= 0.6 is 11.8 Å². The van der Waals surface area contributed by atoms with E-state index in [1.54, 1.807) is 11.8 Å². The van der Waals surface area contributed by atoms with Crippen LogP contribution in [0.1, 0.15) is 6.42 Å². The molecule has 1 aromatic rings. The molecule has 1 aromatic heterocycles. The van der Waals surface area contributed by atoms with Crippen LogP contribution in [0.15, 0.2) is 29.3 Å². The van der Waals surface area contributed by atoms with E-state index >= 15 is 0 Å². The van der Waals surface area contributed by atoms with Crippen LogP contribution in [0.3, 0.4) is 0 Å². The summed E-state index contributed by atoms with van der Waals surface area (Å²) in [7, 11) is 0. The minimum absolute atomic E-state index is 0.435. The van der Waals surface area contributed by atoms with Crippen LogP contribution in [0.5, 0.6) is 5.75 Å². The molecule has 0 spiro atoms. The fourth-order valence-corrected chi connectivity index (χ4v) is 2.91. The van der Waals surface area contributed by atoms with Crippen LogP contribution in [0.2, 0.25) is 0 Å². The molecular formula is C12H14N2OS. The number of hydrogen-bond donors (Lipinski definition) is 0. The van der Waals surface area contributed by atoms with Gasteiger partial charge in [-0.3, -0.25) is 0 Å². The molecule has 3 heterocycles. The van der Waals surface area contributed by atoms with E-state index in [1.807, 2.05) is 12.3 Å². The first-order chi connectivity index (χ1) is 7.79. The van der Waals surface area contributed by atoms with E-state index in [2.05, 4.69) is 22.7 Å². The van der Waals surface area contributed by atoms with E-state index < -0.39 is 0 Å². The highest BCUT2D eigenvalue weighted by atomic mass is 32.2. The Kier molecular flexibility index (Phi) is 2.32. The van der Waals surface area contributed by atoms with Gasteiger partial charge in [0.1, 0.15) is 6.61 Å². The van der Waals surface area contributed by atoms with E-state index in [-0.39, 0.29) is 0 Å². The number of ether oxygens (including phenoxy) is 1. The van der Waals surface area contributed by atoms with Crippen molar-refractivity contribution in [2.24, 2.45) is 0 Å². The van der Waals surface area contributed by atoms with Crippen LogP contribution in [0, 0.1) is 0 Å². The Hall–Kier alpha value is -1.16. The lowest BCUT2D eigenvalue weighted by atomic mass is 10.2. The highest BCUT2D eigenvalue weighted by Gasteiger charge is 2.35. The molecule has 1 saturated heterocycles. The first-order valence-electron chi connectivity index (χ1n) is 5.38. The van der Waals surface area contributed by atoms with Gasteiger partial charge in [-0.05, 0) is 18.7 Å². The van der Waals surface area contributed by atoms with Gasteiger partial charge in [-0.15, -0.1) is 11.8 Å². The highest BCUT2D eigenvalue weighted by molar-refractivity contribution is 7.98. The number of anilines is 1. The van der Waals surface area contributed by atoms with Crippen LogP contribution in [-0.4, -0.2) is 30.4 Å². The summed E-state index contributed by atoms with van der Waals surface area (Å²) in [6.07, 6.45) is 4.95. The third kappa shape index (κ3) is 1.40. The van der Waals surface area contributed by atoms with Gasteiger partial charge in [0.15, 0.2) is 11.6 Å². The van der Waals surface area contributed by atoms with Crippen molar-refractivity contribution in [3.05, 3.63) is 24.4 Å². The lowest BCUT2D eigenvalue weighted by Crippen LogP contribution is -2.38. The molecule has 0 bridgehead atoms. The SMILES string of the molecule is C=C1CC2COc3c(SC)ccnc3N2C1. The zero-order valence-corrected chi connectivity index (χ0v) is 10.1. The summed E-state index contributed by atoms with van der Waals surface area (Å²) in [4.78, 5) is 7.94. The van der Waals surface area contributed by atoms with Gasteiger partial charge < -0.3 is 9.64 Å². The van der Waals surface area contributed by atoms with Gasteiger partial charge >= 0.3 is 0 Å². The molecule has 2 aliphatic heterocycles. The van der Waals surface area contributed by atoms with Crippen molar-refractivity contribution in [2.75, 3.05) is 24.3 Å². The molecule has 0 aliphatic carbocycles. The number of hydrogen-bond acceptors (Lipinski definition) is 4. The fourth-order valence-electron chi connectivity index (χ4n) is 2.38. The predicted molar refractivity (Wildman–Crippen MR) is 66.4 cm³/mol. The van der Waals surface area contributed by atoms with Crippen molar-refractivity contribution >= 4 is 17.6 Å². The summed E-state index contributed by atoms with van der Waals surface area (Å²) >= 11 is 1.70. The maximum Gasteiger partial charge on any atom is 0.175 e. The summed E-state index contributed by atoms with van der Waals surface area (Å²) in [6, 6.07) is 2.44. The normalized spacial score (nSPS) is 22.7. The van der Waals surface area contributed by atoms with E-state index in [0.29, 0.717) is 6.04 Å². The molecule has 3 nitrogen and oxygen atoms in total. The second-order valence-electron chi connectivity index (χ2n) is 4.21. The number of nitrogens with zero attached hydrogens (tertiary/aromatic N) is 2. The molecule has 16 heavy (non-hydrogen) atoms. The Bertz CT molecular complexity index is 447. The van der Waals surface area contributed by atoms with Crippen LogP contribution in [0.25, 0.3) is 0 Å². The Balaban J connectivity index is 2.06. The Morgan fingerprint density at radius 2 is 2.50 bits per heavy atom. The molecule has 0 aromatic carbocycles. The molecule has 84 valence electrons. The van der Waals surface area contributed by atoms with Crippen LogP contribution in [-0.2, 0) is 0 Å². The molecule has 3 rings (SSSR count). The topological polar surface area (TPSA) is 25.4 Å². The Labute approximate surface area is 99.5 Å². The first kappa shape index (κ1) is 10.0. The Morgan fingerprint density at radius 3 is 3.31 bits per heavy atom. The van der Waals surface area contributed by atoms with Crippen molar-refractivity contribution in [1.29, 1.82) is 0 Å². The lowest BCUT2D eigenvalue weighted by Gasteiger charge is -2.32. The van der Waals surface area contributed by atoms with Crippen molar-refractivity contribution in [1.82, 2.24) is 4.98 Å². The fraction of sp³-hybridized carbons (Fsp3) is 0.417. The zero-order valence-electron chi connectivity index (χ0n) is 9.27. The van der Waals surface area contributed by atoms with Gasteiger partial charge in [0.05, 0.1) is 10.9 Å². The standard InChI is InChI=1S/C12H14N2OS/c1-8-5-9-7-15-11-10(16-2)3-4-13-12(11)14(9)6-8/h3-4,9H,1,5-7H2,2H3. The number of aromatic nitrogens is 1. The molecule has 4 heteroatoms. The van der Waals surface area contributed by atoms with Gasteiger partial charge in [-0.25, -0.2) is 4.98 Å². The van der Waals surface area contributed by atoms with E-state index in [1.165, 1.54) is 10.5 Å². The molecule has 1 unspecified atom stereocenters. The van der Waals surface area contributed by atoms with E-state index in [4.69, 9.17) is 4.74 Å². The predicted octanol–water partition coefficient (Wildman–Crippen LogP) is 2.33. The molecule has 1 fully saturated rings. The third-order valence-corrected chi connectivity index (χ3v) is 3.88. The maximum atomic E-state index is 5.84. The van der Waals surface area contributed by atoms with Gasteiger partial charge in [-0.2, -0.15) is 0 Å². The first-order valence-corrected chi connectivity index (χ1v) is 6.61. The quantitative estimate of drug-likeness (QED) is 0.550. The second-order valence-corrected chi connectivity index (χ2v) is 5.06. The summed E-state index contributed by atoms with van der Waals surface area (Å²) in [6.45, 7) is 5.74. The van der Waals surface area contributed by atoms with Gasteiger partial charge in [-0.1, -0.05) is 12.2 Å².